The lowest BCUT2D eigenvalue weighted by molar-refractivity contribution is 0.831. The molecule has 17 heavy (non-hydrogen) atoms. The Kier molecular flexibility index (Phi) is 3.65. The molecule has 1 aromatic carbocycles. The van der Waals surface area contributed by atoms with Crippen molar-refractivity contribution in [1.29, 1.82) is 0 Å². The minimum atomic E-state index is 0.955. The Morgan fingerprint density at radius 2 is 1.65 bits per heavy atom. The quantitative estimate of drug-likeness (QED) is 0.860. The summed E-state index contributed by atoms with van der Waals surface area (Å²) in [6, 6.07) is 9.05. The van der Waals surface area contributed by atoms with Crippen LogP contribution >= 0.6 is 11.3 Å². The van der Waals surface area contributed by atoms with Gasteiger partial charge in [-0.25, -0.2) is 0 Å². The molecule has 0 amide bonds. The van der Waals surface area contributed by atoms with Crippen molar-refractivity contribution in [2.75, 3.05) is 7.05 Å². The first kappa shape index (κ1) is 12.3. The lowest BCUT2D eigenvalue weighted by Crippen LogP contribution is -2.02. The number of nitrogens with one attached hydrogen (secondary N) is 1. The highest BCUT2D eigenvalue weighted by atomic mass is 32.1. The minimum absolute atomic E-state index is 0.955. The molecule has 0 saturated heterocycles. The number of benzene rings is 1. The van der Waals surface area contributed by atoms with Crippen molar-refractivity contribution in [3.8, 4) is 10.4 Å². The summed E-state index contributed by atoms with van der Waals surface area (Å²) in [4.78, 5) is 2.81. The predicted octanol–water partition coefficient (Wildman–Crippen LogP) is 4.06. The van der Waals surface area contributed by atoms with Crippen LogP contribution in [0.5, 0.6) is 0 Å². The zero-order valence-corrected chi connectivity index (χ0v) is 11.7. The van der Waals surface area contributed by atoms with Gasteiger partial charge in [-0.1, -0.05) is 29.3 Å². The molecule has 1 nitrogen and oxygen atoms in total. The molecule has 0 saturated carbocycles. The number of hydrogen-bond acceptors (Lipinski definition) is 2. The van der Waals surface area contributed by atoms with Gasteiger partial charge in [0.25, 0.3) is 0 Å². The smallest absolute Gasteiger partial charge is 0.0375 e. The van der Waals surface area contributed by atoms with Crippen molar-refractivity contribution >= 4 is 11.3 Å². The summed E-state index contributed by atoms with van der Waals surface area (Å²) >= 11 is 1.89. The molecule has 0 atom stereocenters. The maximum absolute atomic E-state index is 3.21. The Balaban J connectivity index is 2.44. The second-order valence-electron chi connectivity index (χ2n) is 4.63. The van der Waals surface area contributed by atoms with E-state index in [2.05, 4.69) is 50.4 Å². The Labute approximate surface area is 108 Å². The van der Waals surface area contributed by atoms with Crippen molar-refractivity contribution in [3.05, 3.63) is 45.8 Å². The van der Waals surface area contributed by atoms with Gasteiger partial charge in [-0.05, 0) is 45.0 Å². The Hall–Kier alpha value is -1.12. The van der Waals surface area contributed by atoms with Gasteiger partial charge in [-0.15, -0.1) is 11.3 Å². The first-order chi connectivity index (χ1) is 8.10. The normalized spacial score (nSPS) is 10.8. The molecular weight excluding hydrogens is 226 g/mol. The van der Waals surface area contributed by atoms with Crippen LogP contribution in [0.4, 0.5) is 0 Å². The summed E-state index contributed by atoms with van der Waals surface area (Å²) < 4.78 is 0. The summed E-state index contributed by atoms with van der Waals surface area (Å²) in [6.45, 7) is 7.47. The van der Waals surface area contributed by atoms with E-state index in [-0.39, 0.29) is 0 Å². The van der Waals surface area contributed by atoms with E-state index in [1.54, 1.807) is 0 Å². The van der Waals surface area contributed by atoms with Crippen LogP contribution in [0.3, 0.4) is 0 Å². The molecule has 1 aromatic heterocycles. The van der Waals surface area contributed by atoms with Gasteiger partial charge in [0.2, 0.25) is 0 Å². The molecule has 2 heteroatoms. The molecular formula is C15H19NS. The average molecular weight is 245 g/mol. The Morgan fingerprint density at radius 1 is 1.00 bits per heavy atom. The molecule has 0 aliphatic heterocycles. The fourth-order valence-electron chi connectivity index (χ4n) is 2.20. The molecule has 2 aromatic rings. The maximum Gasteiger partial charge on any atom is 0.0375 e. The summed E-state index contributed by atoms with van der Waals surface area (Å²) in [6.07, 6.45) is 0. The highest BCUT2D eigenvalue weighted by Gasteiger charge is 2.08. The van der Waals surface area contributed by atoms with Crippen molar-refractivity contribution < 1.29 is 0 Å². The van der Waals surface area contributed by atoms with Gasteiger partial charge >= 0.3 is 0 Å². The molecule has 0 aliphatic rings. The fraction of sp³-hybridized carbons (Fsp3) is 0.333. The van der Waals surface area contributed by atoms with Crippen molar-refractivity contribution in [1.82, 2.24) is 5.32 Å². The van der Waals surface area contributed by atoms with Crippen LogP contribution in [0.1, 0.15) is 21.6 Å². The van der Waals surface area contributed by atoms with Crippen LogP contribution in [0, 0.1) is 20.8 Å². The van der Waals surface area contributed by atoms with E-state index in [0.717, 1.165) is 6.54 Å². The zero-order valence-electron chi connectivity index (χ0n) is 10.9. The minimum Gasteiger partial charge on any atom is -0.315 e. The Bertz CT molecular complexity index is 505. The molecule has 2 rings (SSSR count). The van der Waals surface area contributed by atoms with E-state index >= 15 is 0 Å². The molecule has 0 bridgehead atoms. The molecule has 90 valence electrons. The molecule has 0 aliphatic carbocycles. The number of aryl methyl sites for hydroxylation is 3. The van der Waals surface area contributed by atoms with Crippen LogP contribution in [0.15, 0.2) is 24.3 Å². The lowest BCUT2D eigenvalue weighted by Gasteiger charge is -2.04. The van der Waals surface area contributed by atoms with Gasteiger partial charge < -0.3 is 5.32 Å². The summed E-state index contributed by atoms with van der Waals surface area (Å²) in [5.74, 6) is 0. The van der Waals surface area contributed by atoms with Crippen molar-refractivity contribution in [2.45, 2.75) is 27.3 Å². The lowest BCUT2D eigenvalue weighted by atomic mass is 10.0. The van der Waals surface area contributed by atoms with Gasteiger partial charge in [-0.2, -0.15) is 0 Å². The predicted molar refractivity (Wildman–Crippen MR) is 76.7 cm³/mol. The average Bonchev–Trinajstić information content (AvgIpc) is 2.58. The molecule has 0 radical (unpaired) electrons. The van der Waals surface area contributed by atoms with Gasteiger partial charge in [0.05, 0.1) is 0 Å². The third-order valence-electron chi connectivity index (χ3n) is 2.80. The van der Waals surface area contributed by atoms with Crippen LogP contribution in [-0.4, -0.2) is 7.05 Å². The number of rotatable bonds is 3. The molecule has 0 fully saturated rings. The van der Waals surface area contributed by atoms with Gasteiger partial charge in [0, 0.05) is 16.3 Å². The standard InChI is InChI=1S/C15H19NS/c1-10-5-11(2)7-13(6-10)15-12(3)8-14(17-15)9-16-4/h5-8,16H,9H2,1-4H3. The van der Waals surface area contributed by atoms with E-state index in [1.165, 1.54) is 32.0 Å². The third-order valence-corrected chi connectivity index (χ3v) is 4.09. The van der Waals surface area contributed by atoms with E-state index < -0.39 is 0 Å². The highest BCUT2D eigenvalue weighted by molar-refractivity contribution is 7.15. The summed E-state index contributed by atoms with van der Waals surface area (Å²) in [7, 11) is 1.99. The van der Waals surface area contributed by atoms with E-state index in [0.29, 0.717) is 0 Å². The zero-order chi connectivity index (χ0) is 12.4. The summed E-state index contributed by atoms with van der Waals surface area (Å²) in [5.41, 5.74) is 5.41. The van der Waals surface area contributed by atoms with Crippen LogP contribution < -0.4 is 5.32 Å². The number of thiophene rings is 1. The molecule has 1 N–H and O–H groups in total. The molecule has 0 unspecified atom stereocenters. The first-order valence-corrected chi connectivity index (χ1v) is 6.74. The molecule has 0 spiro atoms. The largest absolute Gasteiger partial charge is 0.315 e. The summed E-state index contributed by atoms with van der Waals surface area (Å²) in [5, 5.41) is 3.21. The monoisotopic (exact) mass is 245 g/mol. The third kappa shape index (κ3) is 2.76. The van der Waals surface area contributed by atoms with E-state index in [4.69, 9.17) is 0 Å². The van der Waals surface area contributed by atoms with E-state index in [1.807, 2.05) is 18.4 Å². The topological polar surface area (TPSA) is 12.0 Å². The van der Waals surface area contributed by atoms with Crippen LogP contribution in [0.2, 0.25) is 0 Å². The maximum atomic E-state index is 3.21. The SMILES string of the molecule is CNCc1cc(C)c(-c2cc(C)cc(C)c2)s1. The van der Waals surface area contributed by atoms with Crippen molar-refractivity contribution in [3.63, 3.8) is 0 Å². The second kappa shape index (κ2) is 5.03. The second-order valence-corrected chi connectivity index (χ2v) is 5.77. The van der Waals surface area contributed by atoms with Crippen LogP contribution in [-0.2, 0) is 6.54 Å². The van der Waals surface area contributed by atoms with E-state index in [9.17, 15) is 0 Å². The highest BCUT2D eigenvalue weighted by Crippen LogP contribution is 2.33. The van der Waals surface area contributed by atoms with Gasteiger partial charge in [0.1, 0.15) is 0 Å². The Morgan fingerprint density at radius 3 is 2.24 bits per heavy atom. The van der Waals surface area contributed by atoms with Gasteiger partial charge in [-0.3, -0.25) is 0 Å². The van der Waals surface area contributed by atoms with Crippen LogP contribution in [0.25, 0.3) is 10.4 Å². The van der Waals surface area contributed by atoms with Crippen molar-refractivity contribution in [2.24, 2.45) is 0 Å². The fourth-order valence-corrected chi connectivity index (χ4v) is 3.37. The van der Waals surface area contributed by atoms with Gasteiger partial charge in [0.15, 0.2) is 0 Å². The number of hydrogen-bond donors (Lipinski definition) is 1. The first-order valence-electron chi connectivity index (χ1n) is 5.92. The molecule has 1 heterocycles.